The highest BCUT2D eigenvalue weighted by Crippen LogP contribution is 2.24. The van der Waals surface area contributed by atoms with Gasteiger partial charge in [-0.15, -0.1) is 0 Å². The molecular formula is C13H12N4O. The molecule has 0 saturated heterocycles. The minimum atomic E-state index is 0.755. The largest absolute Gasteiger partial charge is 0.497 e. The van der Waals surface area contributed by atoms with Crippen LogP contribution in [0.3, 0.4) is 0 Å². The Morgan fingerprint density at radius 2 is 2.11 bits per heavy atom. The van der Waals surface area contributed by atoms with Gasteiger partial charge in [-0.1, -0.05) is 0 Å². The molecule has 0 unspecified atom stereocenters. The molecule has 3 rings (SSSR count). The van der Waals surface area contributed by atoms with E-state index < -0.39 is 0 Å². The van der Waals surface area contributed by atoms with Gasteiger partial charge in [0.05, 0.1) is 7.11 Å². The van der Waals surface area contributed by atoms with Crippen LogP contribution in [0.15, 0.2) is 36.9 Å². The number of hydrogen-bond donors (Lipinski definition) is 0. The summed E-state index contributed by atoms with van der Waals surface area (Å²) in [5.74, 6) is 1.59. The molecule has 0 aliphatic heterocycles. The number of ether oxygens (including phenoxy) is 1. The third kappa shape index (κ3) is 1.69. The van der Waals surface area contributed by atoms with Crippen molar-refractivity contribution in [2.24, 2.45) is 0 Å². The van der Waals surface area contributed by atoms with Gasteiger partial charge in [-0.25, -0.2) is 14.6 Å². The number of pyridine rings is 1. The van der Waals surface area contributed by atoms with Crippen LogP contribution in [0.25, 0.3) is 16.6 Å². The van der Waals surface area contributed by atoms with Crippen molar-refractivity contribution in [3.63, 3.8) is 0 Å². The van der Waals surface area contributed by atoms with Crippen molar-refractivity contribution in [3.05, 3.63) is 42.6 Å². The molecule has 2 heterocycles. The number of nitrogens with zero attached hydrogens (tertiary/aromatic N) is 4. The molecule has 3 aromatic rings. The Hall–Kier alpha value is -2.43. The molecule has 5 heteroatoms. The Labute approximate surface area is 104 Å². The van der Waals surface area contributed by atoms with Crippen LogP contribution in [-0.4, -0.2) is 26.9 Å². The van der Waals surface area contributed by atoms with Crippen LogP contribution in [0.2, 0.25) is 0 Å². The number of rotatable bonds is 2. The van der Waals surface area contributed by atoms with Gasteiger partial charge in [0, 0.05) is 11.1 Å². The summed E-state index contributed by atoms with van der Waals surface area (Å²) in [6, 6.07) is 7.91. The average Bonchev–Trinajstić information content (AvgIpc) is 2.91. The van der Waals surface area contributed by atoms with Gasteiger partial charge in [-0.05, 0) is 36.6 Å². The molecule has 0 atom stereocenters. The standard InChI is InChI=1S/C13H12N4O/c1-9-12-4-3-11(18-2)5-10(12)6-13(16-9)17-8-14-7-15-17/h3-8H,1-2H3. The Morgan fingerprint density at radius 1 is 1.22 bits per heavy atom. The highest BCUT2D eigenvalue weighted by Gasteiger charge is 2.06. The third-order valence-electron chi connectivity index (χ3n) is 2.87. The zero-order chi connectivity index (χ0) is 12.5. The Bertz CT molecular complexity index is 692. The van der Waals surface area contributed by atoms with Crippen molar-refractivity contribution in [2.75, 3.05) is 7.11 Å². The first-order chi connectivity index (χ1) is 8.78. The van der Waals surface area contributed by atoms with Gasteiger partial charge in [0.15, 0.2) is 5.82 Å². The number of methoxy groups -OCH3 is 1. The van der Waals surface area contributed by atoms with Crippen LogP contribution < -0.4 is 4.74 Å². The first kappa shape index (κ1) is 10.7. The summed E-state index contributed by atoms with van der Waals surface area (Å²) >= 11 is 0. The topological polar surface area (TPSA) is 52.8 Å². The predicted molar refractivity (Wildman–Crippen MR) is 67.9 cm³/mol. The highest BCUT2D eigenvalue weighted by molar-refractivity contribution is 5.86. The number of aryl methyl sites for hydroxylation is 1. The fourth-order valence-corrected chi connectivity index (χ4v) is 1.96. The smallest absolute Gasteiger partial charge is 0.156 e. The lowest BCUT2D eigenvalue weighted by atomic mass is 10.1. The molecular weight excluding hydrogens is 228 g/mol. The fraction of sp³-hybridized carbons (Fsp3) is 0.154. The molecule has 0 bridgehead atoms. The third-order valence-corrected chi connectivity index (χ3v) is 2.87. The summed E-state index contributed by atoms with van der Waals surface area (Å²) in [5.41, 5.74) is 0.959. The monoisotopic (exact) mass is 240 g/mol. The van der Waals surface area contributed by atoms with Gasteiger partial charge in [-0.3, -0.25) is 0 Å². The number of fused-ring (bicyclic) bond motifs is 1. The molecule has 2 aromatic heterocycles. The molecule has 0 N–H and O–H groups in total. The van der Waals surface area contributed by atoms with E-state index in [1.54, 1.807) is 18.1 Å². The maximum absolute atomic E-state index is 5.24. The summed E-state index contributed by atoms with van der Waals surface area (Å²) in [4.78, 5) is 8.45. The summed E-state index contributed by atoms with van der Waals surface area (Å²) in [5, 5.41) is 6.28. The molecule has 0 spiro atoms. The molecule has 0 aliphatic rings. The van der Waals surface area contributed by atoms with Crippen molar-refractivity contribution in [2.45, 2.75) is 6.92 Å². The van der Waals surface area contributed by atoms with Crippen LogP contribution >= 0.6 is 0 Å². The van der Waals surface area contributed by atoms with Gasteiger partial charge in [0.2, 0.25) is 0 Å². The van der Waals surface area contributed by atoms with E-state index in [2.05, 4.69) is 15.1 Å². The van der Waals surface area contributed by atoms with E-state index in [0.29, 0.717) is 0 Å². The van der Waals surface area contributed by atoms with Gasteiger partial charge < -0.3 is 4.74 Å². The molecule has 0 fully saturated rings. The molecule has 0 saturated carbocycles. The summed E-state index contributed by atoms with van der Waals surface area (Å²) in [6.07, 6.45) is 3.13. The number of benzene rings is 1. The zero-order valence-corrected chi connectivity index (χ0v) is 10.2. The Kier molecular flexibility index (Phi) is 2.44. The molecule has 18 heavy (non-hydrogen) atoms. The molecule has 0 radical (unpaired) electrons. The van der Waals surface area contributed by atoms with Crippen molar-refractivity contribution in [1.82, 2.24) is 19.7 Å². The van der Waals surface area contributed by atoms with Crippen molar-refractivity contribution in [1.29, 1.82) is 0 Å². The molecule has 5 nitrogen and oxygen atoms in total. The van der Waals surface area contributed by atoms with Gasteiger partial charge in [-0.2, -0.15) is 5.10 Å². The van der Waals surface area contributed by atoms with Crippen molar-refractivity contribution >= 4 is 10.8 Å². The lowest BCUT2D eigenvalue weighted by Crippen LogP contribution is -1.99. The Morgan fingerprint density at radius 3 is 2.83 bits per heavy atom. The summed E-state index contributed by atoms with van der Waals surface area (Å²) in [7, 11) is 1.66. The predicted octanol–water partition coefficient (Wildman–Crippen LogP) is 2.13. The van der Waals surface area contributed by atoms with E-state index in [4.69, 9.17) is 4.74 Å². The van der Waals surface area contributed by atoms with Gasteiger partial charge >= 0.3 is 0 Å². The second-order valence-electron chi connectivity index (χ2n) is 3.99. The van der Waals surface area contributed by atoms with E-state index in [-0.39, 0.29) is 0 Å². The zero-order valence-electron chi connectivity index (χ0n) is 10.2. The Balaban J connectivity index is 2.24. The van der Waals surface area contributed by atoms with Crippen LogP contribution in [0.1, 0.15) is 5.69 Å². The lowest BCUT2D eigenvalue weighted by Gasteiger charge is -2.07. The minimum Gasteiger partial charge on any atom is -0.497 e. The maximum atomic E-state index is 5.24. The van der Waals surface area contributed by atoms with Crippen LogP contribution in [0.5, 0.6) is 5.75 Å². The fourth-order valence-electron chi connectivity index (χ4n) is 1.96. The normalized spacial score (nSPS) is 10.8. The van der Waals surface area contributed by atoms with Gasteiger partial charge in [0.25, 0.3) is 0 Å². The second-order valence-corrected chi connectivity index (χ2v) is 3.99. The van der Waals surface area contributed by atoms with E-state index >= 15 is 0 Å². The van der Waals surface area contributed by atoms with Crippen LogP contribution in [0, 0.1) is 6.92 Å². The first-order valence-corrected chi connectivity index (χ1v) is 5.58. The second kappa shape index (κ2) is 4.10. The molecule has 1 aromatic carbocycles. The van der Waals surface area contributed by atoms with Crippen molar-refractivity contribution in [3.8, 4) is 11.6 Å². The maximum Gasteiger partial charge on any atom is 0.156 e. The van der Waals surface area contributed by atoms with E-state index in [9.17, 15) is 0 Å². The van der Waals surface area contributed by atoms with Crippen molar-refractivity contribution < 1.29 is 4.74 Å². The highest BCUT2D eigenvalue weighted by atomic mass is 16.5. The summed E-state index contributed by atoms with van der Waals surface area (Å²) in [6.45, 7) is 1.98. The molecule has 0 aliphatic carbocycles. The molecule has 0 amide bonds. The van der Waals surface area contributed by atoms with Crippen LogP contribution in [0.4, 0.5) is 0 Å². The SMILES string of the molecule is COc1ccc2c(C)nc(-n3cncn3)cc2c1. The van der Waals surface area contributed by atoms with E-state index in [1.165, 1.54) is 6.33 Å². The number of aromatic nitrogens is 4. The molecule has 90 valence electrons. The van der Waals surface area contributed by atoms with E-state index in [1.807, 2.05) is 31.2 Å². The summed E-state index contributed by atoms with van der Waals surface area (Å²) < 4.78 is 6.88. The number of hydrogen-bond acceptors (Lipinski definition) is 4. The van der Waals surface area contributed by atoms with Crippen LogP contribution in [-0.2, 0) is 0 Å². The minimum absolute atomic E-state index is 0.755. The quantitative estimate of drug-likeness (QED) is 0.688. The lowest BCUT2D eigenvalue weighted by molar-refractivity contribution is 0.415. The average molecular weight is 240 g/mol. The van der Waals surface area contributed by atoms with E-state index in [0.717, 1.165) is 28.0 Å². The van der Waals surface area contributed by atoms with Gasteiger partial charge in [0.1, 0.15) is 18.4 Å². The first-order valence-electron chi connectivity index (χ1n) is 5.58.